The fourth-order valence-corrected chi connectivity index (χ4v) is 2.10. The monoisotopic (exact) mass is 277 g/mol. The molecule has 1 aliphatic heterocycles. The predicted molar refractivity (Wildman–Crippen MR) is 75.5 cm³/mol. The average Bonchev–Trinajstić information content (AvgIpc) is 2.46. The van der Waals surface area contributed by atoms with Crippen molar-refractivity contribution in [3.63, 3.8) is 0 Å². The highest BCUT2D eigenvalue weighted by Gasteiger charge is 2.13. The van der Waals surface area contributed by atoms with Crippen molar-refractivity contribution in [3.8, 4) is 0 Å². The van der Waals surface area contributed by atoms with Crippen LogP contribution >= 0.6 is 0 Å². The molecule has 1 fully saturated rings. The standard InChI is InChI=1S/C14H19N3O3/c15-14(19)11-3-1-2-4-12(11)16-13(18)5-6-17-7-9-20-10-8-17/h1-4H,5-10H2,(H2,15,19)(H,16,18). The van der Waals surface area contributed by atoms with Gasteiger partial charge in [-0.05, 0) is 12.1 Å². The van der Waals surface area contributed by atoms with Crippen LogP contribution in [-0.4, -0.2) is 49.6 Å². The number of rotatable bonds is 5. The zero-order valence-corrected chi connectivity index (χ0v) is 11.3. The first-order valence-corrected chi connectivity index (χ1v) is 6.65. The maximum absolute atomic E-state index is 11.9. The molecule has 20 heavy (non-hydrogen) atoms. The fourth-order valence-electron chi connectivity index (χ4n) is 2.10. The summed E-state index contributed by atoms with van der Waals surface area (Å²) in [6, 6.07) is 6.74. The van der Waals surface area contributed by atoms with Crippen LogP contribution in [0.1, 0.15) is 16.8 Å². The molecule has 3 N–H and O–H groups in total. The molecule has 1 saturated heterocycles. The Bertz CT molecular complexity index is 484. The van der Waals surface area contributed by atoms with Gasteiger partial charge in [0.2, 0.25) is 5.91 Å². The van der Waals surface area contributed by atoms with Gasteiger partial charge in [0, 0.05) is 26.1 Å². The lowest BCUT2D eigenvalue weighted by atomic mass is 10.1. The smallest absolute Gasteiger partial charge is 0.250 e. The van der Waals surface area contributed by atoms with Crippen molar-refractivity contribution in [2.45, 2.75) is 6.42 Å². The molecule has 0 saturated carbocycles. The normalized spacial score (nSPS) is 15.8. The van der Waals surface area contributed by atoms with Gasteiger partial charge in [0.15, 0.2) is 0 Å². The first-order chi connectivity index (χ1) is 9.66. The Labute approximate surface area is 117 Å². The Kier molecular flexibility index (Phi) is 5.09. The molecule has 2 rings (SSSR count). The first-order valence-electron chi connectivity index (χ1n) is 6.65. The van der Waals surface area contributed by atoms with E-state index in [9.17, 15) is 9.59 Å². The molecule has 6 heteroatoms. The highest BCUT2D eigenvalue weighted by atomic mass is 16.5. The van der Waals surface area contributed by atoms with Gasteiger partial charge < -0.3 is 15.8 Å². The van der Waals surface area contributed by atoms with Crippen molar-refractivity contribution in [2.75, 3.05) is 38.2 Å². The Morgan fingerprint density at radius 3 is 2.65 bits per heavy atom. The number of anilines is 1. The van der Waals surface area contributed by atoms with E-state index in [2.05, 4.69) is 10.2 Å². The van der Waals surface area contributed by atoms with Crippen LogP contribution in [0.5, 0.6) is 0 Å². The van der Waals surface area contributed by atoms with Crippen molar-refractivity contribution < 1.29 is 14.3 Å². The number of morpholine rings is 1. The van der Waals surface area contributed by atoms with E-state index in [4.69, 9.17) is 10.5 Å². The van der Waals surface area contributed by atoms with Gasteiger partial charge in [-0.15, -0.1) is 0 Å². The summed E-state index contributed by atoms with van der Waals surface area (Å²) in [5, 5.41) is 2.73. The quantitative estimate of drug-likeness (QED) is 0.818. The molecule has 0 atom stereocenters. The van der Waals surface area contributed by atoms with Crippen LogP contribution in [0.25, 0.3) is 0 Å². The number of nitrogens with two attached hydrogens (primary N) is 1. The number of hydrogen-bond donors (Lipinski definition) is 2. The van der Waals surface area contributed by atoms with Gasteiger partial charge in [-0.1, -0.05) is 12.1 Å². The van der Waals surface area contributed by atoms with Gasteiger partial charge in [0.05, 0.1) is 24.5 Å². The van der Waals surface area contributed by atoms with E-state index in [1.807, 2.05) is 0 Å². The van der Waals surface area contributed by atoms with E-state index in [1.165, 1.54) is 0 Å². The molecular formula is C14H19N3O3. The summed E-state index contributed by atoms with van der Waals surface area (Å²) in [6.45, 7) is 3.82. The Hall–Kier alpha value is -1.92. The van der Waals surface area contributed by atoms with Crippen molar-refractivity contribution in [2.24, 2.45) is 5.73 Å². The summed E-state index contributed by atoms with van der Waals surface area (Å²) >= 11 is 0. The number of para-hydroxylation sites is 1. The van der Waals surface area contributed by atoms with Crippen LogP contribution < -0.4 is 11.1 Å². The van der Waals surface area contributed by atoms with Crippen LogP contribution in [0.15, 0.2) is 24.3 Å². The van der Waals surface area contributed by atoms with Gasteiger partial charge in [0.1, 0.15) is 0 Å². The molecule has 1 aromatic carbocycles. The van der Waals surface area contributed by atoms with E-state index in [-0.39, 0.29) is 5.91 Å². The minimum atomic E-state index is -0.547. The number of benzene rings is 1. The third kappa shape index (κ3) is 4.04. The van der Waals surface area contributed by atoms with Crippen LogP contribution in [0.2, 0.25) is 0 Å². The number of ether oxygens (including phenoxy) is 1. The lowest BCUT2D eigenvalue weighted by Gasteiger charge is -2.26. The molecule has 0 radical (unpaired) electrons. The highest BCUT2D eigenvalue weighted by Crippen LogP contribution is 2.14. The van der Waals surface area contributed by atoms with Crippen LogP contribution in [-0.2, 0) is 9.53 Å². The molecule has 1 aliphatic rings. The summed E-state index contributed by atoms with van der Waals surface area (Å²) in [7, 11) is 0. The second kappa shape index (κ2) is 7.02. The summed E-state index contributed by atoms with van der Waals surface area (Å²) in [5.41, 5.74) is 6.06. The highest BCUT2D eigenvalue weighted by molar-refractivity contribution is 6.02. The third-order valence-corrected chi connectivity index (χ3v) is 3.23. The largest absolute Gasteiger partial charge is 0.379 e. The van der Waals surface area contributed by atoms with Crippen LogP contribution in [0.3, 0.4) is 0 Å². The average molecular weight is 277 g/mol. The predicted octanol–water partition coefficient (Wildman–Crippen LogP) is 0.446. The molecule has 0 unspecified atom stereocenters. The third-order valence-electron chi connectivity index (χ3n) is 3.23. The Morgan fingerprint density at radius 1 is 1.25 bits per heavy atom. The number of carbonyl (C=O) groups is 2. The van der Waals surface area contributed by atoms with Crippen LogP contribution in [0.4, 0.5) is 5.69 Å². The number of hydrogen-bond acceptors (Lipinski definition) is 4. The maximum Gasteiger partial charge on any atom is 0.250 e. The minimum absolute atomic E-state index is 0.120. The number of nitrogens with zero attached hydrogens (tertiary/aromatic N) is 1. The molecule has 0 bridgehead atoms. The molecule has 0 aliphatic carbocycles. The van der Waals surface area contributed by atoms with Crippen molar-refractivity contribution >= 4 is 17.5 Å². The molecular weight excluding hydrogens is 258 g/mol. The Balaban J connectivity index is 1.86. The number of nitrogens with one attached hydrogen (secondary N) is 1. The second-order valence-corrected chi connectivity index (χ2v) is 4.66. The van der Waals surface area contributed by atoms with E-state index in [0.717, 1.165) is 13.1 Å². The molecule has 1 heterocycles. The number of carbonyl (C=O) groups excluding carboxylic acids is 2. The maximum atomic E-state index is 11.9. The number of primary amides is 1. The number of amides is 2. The van der Waals surface area contributed by atoms with E-state index < -0.39 is 5.91 Å². The molecule has 0 spiro atoms. The minimum Gasteiger partial charge on any atom is -0.379 e. The molecule has 1 aromatic rings. The van der Waals surface area contributed by atoms with Gasteiger partial charge in [-0.25, -0.2) is 0 Å². The molecule has 108 valence electrons. The SMILES string of the molecule is NC(=O)c1ccccc1NC(=O)CCN1CCOCC1. The van der Waals surface area contributed by atoms with Crippen molar-refractivity contribution in [1.29, 1.82) is 0 Å². The topological polar surface area (TPSA) is 84.7 Å². The first kappa shape index (κ1) is 14.5. The van der Waals surface area contributed by atoms with Gasteiger partial charge in [-0.2, -0.15) is 0 Å². The Morgan fingerprint density at radius 2 is 1.95 bits per heavy atom. The molecule has 0 aromatic heterocycles. The second-order valence-electron chi connectivity index (χ2n) is 4.66. The van der Waals surface area contributed by atoms with Crippen molar-refractivity contribution in [3.05, 3.63) is 29.8 Å². The van der Waals surface area contributed by atoms with Gasteiger partial charge in [0.25, 0.3) is 5.91 Å². The van der Waals surface area contributed by atoms with E-state index in [0.29, 0.717) is 37.4 Å². The fraction of sp³-hybridized carbons (Fsp3) is 0.429. The summed E-state index contributed by atoms with van der Waals surface area (Å²) < 4.78 is 5.25. The summed E-state index contributed by atoms with van der Waals surface area (Å²) in [6.07, 6.45) is 0.382. The lowest BCUT2D eigenvalue weighted by molar-refractivity contribution is -0.116. The summed E-state index contributed by atoms with van der Waals surface area (Å²) in [5.74, 6) is -0.667. The van der Waals surface area contributed by atoms with Crippen LogP contribution in [0, 0.1) is 0 Å². The summed E-state index contributed by atoms with van der Waals surface area (Å²) in [4.78, 5) is 25.3. The van der Waals surface area contributed by atoms with Gasteiger partial charge in [-0.3, -0.25) is 14.5 Å². The zero-order valence-electron chi connectivity index (χ0n) is 11.3. The van der Waals surface area contributed by atoms with E-state index in [1.54, 1.807) is 24.3 Å². The molecule has 6 nitrogen and oxygen atoms in total. The van der Waals surface area contributed by atoms with E-state index >= 15 is 0 Å². The van der Waals surface area contributed by atoms with Crippen molar-refractivity contribution in [1.82, 2.24) is 4.90 Å². The van der Waals surface area contributed by atoms with Gasteiger partial charge >= 0.3 is 0 Å². The lowest BCUT2D eigenvalue weighted by Crippen LogP contribution is -2.38. The molecule has 2 amide bonds. The zero-order chi connectivity index (χ0) is 14.4.